The van der Waals surface area contributed by atoms with E-state index in [4.69, 9.17) is 14.7 Å². The van der Waals surface area contributed by atoms with E-state index in [0.29, 0.717) is 5.75 Å². The molecular formula is C37H29N3O2. The van der Waals surface area contributed by atoms with Gasteiger partial charge in [0, 0.05) is 22.3 Å². The molecule has 0 saturated heterocycles. The van der Waals surface area contributed by atoms with Crippen molar-refractivity contribution in [3.05, 3.63) is 130 Å². The van der Waals surface area contributed by atoms with Gasteiger partial charge in [0.2, 0.25) is 0 Å². The summed E-state index contributed by atoms with van der Waals surface area (Å²) in [6, 6.07) is 33.0. The maximum atomic E-state index is 10.1. The Morgan fingerprint density at radius 2 is 1.48 bits per heavy atom. The van der Waals surface area contributed by atoms with E-state index >= 15 is 0 Å². The van der Waals surface area contributed by atoms with E-state index in [-0.39, 0.29) is 0 Å². The highest BCUT2D eigenvalue weighted by Gasteiger charge is 2.32. The zero-order valence-electron chi connectivity index (χ0n) is 23.3. The lowest BCUT2D eigenvalue weighted by Gasteiger charge is -2.19. The highest BCUT2D eigenvalue weighted by atomic mass is 16.5. The molecule has 3 aliphatic rings. The third-order valence-electron chi connectivity index (χ3n) is 8.67. The molecule has 0 atom stereocenters. The number of amidine groups is 1. The largest absolute Gasteiger partial charge is 0.508 e. The third-order valence-corrected chi connectivity index (χ3v) is 8.67. The number of allylic oxidation sites excluding steroid dienone is 1. The van der Waals surface area contributed by atoms with Crippen molar-refractivity contribution in [1.29, 1.82) is 0 Å². The van der Waals surface area contributed by atoms with Crippen molar-refractivity contribution in [2.75, 3.05) is 7.11 Å². The van der Waals surface area contributed by atoms with Gasteiger partial charge in [0.25, 0.3) is 0 Å². The number of methoxy groups -OCH3 is 1. The number of aromatic amines is 1. The lowest BCUT2D eigenvalue weighted by molar-refractivity contribution is 0.414. The van der Waals surface area contributed by atoms with Gasteiger partial charge >= 0.3 is 0 Å². The number of aliphatic imine (C=N–C) groups is 2. The van der Waals surface area contributed by atoms with Crippen LogP contribution in [0.1, 0.15) is 34.2 Å². The van der Waals surface area contributed by atoms with Crippen LogP contribution in [0.5, 0.6) is 11.5 Å². The van der Waals surface area contributed by atoms with Crippen LogP contribution in [0.3, 0.4) is 0 Å². The molecule has 0 radical (unpaired) electrons. The van der Waals surface area contributed by atoms with Crippen molar-refractivity contribution in [3.63, 3.8) is 0 Å². The highest BCUT2D eigenvalue weighted by Crippen LogP contribution is 2.46. The van der Waals surface area contributed by atoms with E-state index in [0.717, 1.165) is 87.9 Å². The monoisotopic (exact) mass is 547 g/mol. The maximum absolute atomic E-state index is 10.1. The molecule has 2 N–H and O–H groups in total. The van der Waals surface area contributed by atoms with Crippen molar-refractivity contribution in [3.8, 4) is 33.9 Å². The second-order valence-corrected chi connectivity index (χ2v) is 11.0. The number of nitrogens with one attached hydrogen (secondary N) is 1. The lowest BCUT2D eigenvalue weighted by Crippen LogP contribution is -2.13. The molecule has 2 aliphatic carbocycles. The van der Waals surface area contributed by atoms with Crippen molar-refractivity contribution in [1.82, 2.24) is 4.98 Å². The molecule has 1 aromatic heterocycles. The zero-order chi connectivity index (χ0) is 28.2. The highest BCUT2D eigenvalue weighted by molar-refractivity contribution is 6.41. The average Bonchev–Trinajstić information content (AvgIpc) is 3.59. The fraction of sp³-hybridized carbons (Fsp3) is 0.135. The molecule has 0 saturated carbocycles. The number of H-pyrrole nitrogens is 1. The molecule has 8 rings (SSSR count). The van der Waals surface area contributed by atoms with Crippen molar-refractivity contribution >= 4 is 22.9 Å². The molecule has 0 unspecified atom stereocenters. The number of benzene rings is 4. The molecule has 5 nitrogen and oxygen atoms in total. The predicted octanol–water partition coefficient (Wildman–Crippen LogP) is 8.09. The standard InChI is InChI=1S/C37H29N3O2/c1-42-27-15-19-29-25(21-27)13-17-31-33(23-10-6-3-7-11-23)37(39-35(29)31)40-36-32(22-8-4-2-5-9-22)30-16-12-24-20-26(41)14-18-28(24)34(30)38-36/h2-11,14-15,18-21,39,41H,12-13,16-17H2,1H3/b40-36-. The van der Waals surface area contributed by atoms with Crippen LogP contribution in [0, 0.1) is 0 Å². The first-order chi connectivity index (χ1) is 20.7. The number of phenolic OH excluding ortho intramolecular Hbond substituents is 1. The van der Waals surface area contributed by atoms with Gasteiger partial charge in [-0.3, -0.25) is 0 Å². The second kappa shape index (κ2) is 9.74. The molecule has 1 aliphatic heterocycles. The fourth-order valence-corrected chi connectivity index (χ4v) is 6.73. The van der Waals surface area contributed by atoms with E-state index in [1.165, 1.54) is 22.3 Å². The number of rotatable bonds is 4. The number of aromatic nitrogens is 1. The van der Waals surface area contributed by atoms with E-state index < -0.39 is 0 Å². The molecule has 0 spiro atoms. The first kappa shape index (κ1) is 24.6. The third kappa shape index (κ3) is 3.92. The zero-order valence-corrected chi connectivity index (χ0v) is 23.3. The summed E-state index contributed by atoms with van der Waals surface area (Å²) in [6.45, 7) is 0. The number of fused-ring (bicyclic) bond motifs is 6. The average molecular weight is 548 g/mol. The molecule has 42 heavy (non-hydrogen) atoms. The first-order valence-electron chi connectivity index (χ1n) is 14.4. The Morgan fingerprint density at radius 1 is 0.762 bits per heavy atom. The van der Waals surface area contributed by atoms with Crippen molar-refractivity contribution in [2.45, 2.75) is 25.7 Å². The van der Waals surface area contributed by atoms with E-state index in [1.54, 1.807) is 13.2 Å². The Morgan fingerprint density at radius 3 is 2.26 bits per heavy atom. The molecule has 4 aromatic carbocycles. The van der Waals surface area contributed by atoms with E-state index in [2.05, 4.69) is 71.7 Å². The number of phenols is 1. The molecule has 0 amide bonds. The lowest BCUT2D eigenvalue weighted by atomic mass is 9.84. The molecule has 0 bridgehead atoms. The van der Waals surface area contributed by atoms with Gasteiger partial charge in [0.05, 0.1) is 18.5 Å². The smallest absolute Gasteiger partial charge is 0.163 e. The van der Waals surface area contributed by atoms with Crippen LogP contribution in [0.25, 0.3) is 28.0 Å². The van der Waals surface area contributed by atoms with Crippen LogP contribution in [0.4, 0.5) is 5.82 Å². The minimum Gasteiger partial charge on any atom is -0.508 e. The summed E-state index contributed by atoms with van der Waals surface area (Å²) in [7, 11) is 1.72. The van der Waals surface area contributed by atoms with Gasteiger partial charge in [-0.05, 0) is 95.5 Å². The van der Waals surface area contributed by atoms with E-state index in [9.17, 15) is 5.11 Å². The number of nitrogens with zero attached hydrogens (tertiary/aromatic N) is 2. The van der Waals surface area contributed by atoms with Crippen LogP contribution in [-0.4, -0.2) is 28.7 Å². The summed E-state index contributed by atoms with van der Waals surface area (Å²) in [5, 5.41) is 10.1. The van der Waals surface area contributed by atoms with Crippen LogP contribution >= 0.6 is 0 Å². The number of hydrogen-bond acceptors (Lipinski definition) is 3. The Kier molecular flexibility index (Phi) is 5.71. The van der Waals surface area contributed by atoms with Gasteiger partial charge in [-0.1, -0.05) is 60.7 Å². The normalized spacial score (nSPS) is 16.0. The van der Waals surface area contributed by atoms with Crippen LogP contribution in [0.2, 0.25) is 0 Å². The van der Waals surface area contributed by atoms with Gasteiger partial charge in [0.15, 0.2) is 5.84 Å². The minimum absolute atomic E-state index is 0.291. The summed E-state index contributed by atoms with van der Waals surface area (Å²) < 4.78 is 5.52. The summed E-state index contributed by atoms with van der Waals surface area (Å²) in [5.74, 6) is 2.72. The van der Waals surface area contributed by atoms with Crippen molar-refractivity contribution in [2.24, 2.45) is 9.98 Å². The quantitative estimate of drug-likeness (QED) is 0.239. The topological polar surface area (TPSA) is 70.0 Å². The van der Waals surface area contributed by atoms with Gasteiger partial charge in [-0.25, -0.2) is 9.98 Å². The molecular weight excluding hydrogens is 518 g/mol. The van der Waals surface area contributed by atoms with Gasteiger partial charge < -0.3 is 14.8 Å². The minimum atomic E-state index is 0.291. The predicted molar refractivity (Wildman–Crippen MR) is 169 cm³/mol. The number of ether oxygens (including phenoxy) is 1. The van der Waals surface area contributed by atoms with E-state index in [1.807, 2.05) is 24.3 Å². The Bertz CT molecular complexity index is 1960. The van der Waals surface area contributed by atoms with Crippen LogP contribution in [0.15, 0.2) is 113 Å². The molecule has 2 heterocycles. The maximum Gasteiger partial charge on any atom is 0.163 e. The molecule has 204 valence electrons. The van der Waals surface area contributed by atoms with Crippen LogP contribution in [-0.2, 0) is 19.3 Å². The fourth-order valence-electron chi connectivity index (χ4n) is 6.73. The number of hydrogen-bond donors (Lipinski definition) is 2. The molecule has 0 fully saturated rings. The summed E-state index contributed by atoms with van der Waals surface area (Å²) in [5.41, 5.74) is 13.7. The van der Waals surface area contributed by atoms with Crippen molar-refractivity contribution < 1.29 is 9.84 Å². The molecule has 5 heteroatoms. The summed E-state index contributed by atoms with van der Waals surface area (Å²) >= 11 is 0. The Labute approximate surface area is 244 Å². The number of aryl methyl sites for hydroxylation is 2. The SMILES string of the molecule is COc1ccc2c(c1)CCc1c-2[nH]c(/N=C2\N=C3C(=C2c2ccccc2)CCc2cc(O)ccc23)c1-c1ccccc1. The molecule has 5 aromatic rings. The number of aromatic hydroxyl groups is 1. The van der Waals surface area contributed by atoms with Gasteiger partial charge in [-0.15, -0.1) is 0 Å². The van der Waals surface area contributed by atoms with Gasteiger partial charge in [0.1, 0.15) is 17.3 Å². The second-order valence-electron chi connectivity index (χ2n) is 11.0. The van der Waals surface area contributed by atoms with Gasteiger partial charge in [-0.2, -0.15) is 0 Å². The Balaban J connectivity index is 1.36. The van der Waals surface area contributed by atoms with Crippen LogP contribution < -0.4 is 4.74 Å². The first-order valence-corrected chi connectivity index (χ1v) is 14.4. The Hall–Kier alpha value is -5.16. The summed E-state index contributed by atoms with van der Waals surface area (Å²) in [6.07, 6.45) is 3.56. The summed E-state index contributed by atoms with van der Waals surface area (Å²) in [4.78, 5) is 14.3.